The molecule has 0 aromatic heterocycles. The molecular weight excluding hydrogens is 948 g/mol. The summed E-state index contributed by atoms with van der Waals surface area (Å²) in [6.45, 7) is 8.55. The molecule has 6 aliphatic rings. The molecule has 15 nitrogen and oxygen atoms in total. The molecule has 6 saturated heterocycles. The predicted molar refractivity (Wildman–Crippen MR) is 278 cm³/mol. The molecule has 10 rings (SSSR count). The number of nitrogens with zero attached hydrogens (tertiary/aromatic N) is 6. The predicted octanol–water partition coefficient (Wildman–Crippen LogP) is 8.21. The number of para-hydroxylation sites is 2. The molecule has 4 unspecified atom stereocenters. The summed E-state index contributed by atoms with van der Waals surface area (Å²) in [4.78, 5) is 62.9. The number of benzene rings is 4. The van der Waals surface area contributed by atoms with Crippen molar-refractivity contribution in [3.05, 3.63) is 120 Å². The lowest BCUT2D eigenvalue weighted by molar-refractivity contribution is -0.120. The number of rotatable bonds is 12. The van der Waals surface area contributed by atoms with Crippen LogP contribution in [0.4, 0.5) is 21.0 Å². The van der Waals surface area contributed by atoms with E-state index in [0.29, 0.717) is 49.1 Å². The van der Waals surface area contributed by atoms with Crippen LogP contribution in [-0.2, 0) is 19.1 Å². The highest BCUT2D eigenvalue weighted by molar-refractivity contribution is 6.16. The average Bonchev–Trinajstić information content (AvgIpc) is 4.06. The largest absolute Gasteiger partial charge is 0.497 e. The van der Waals surface area contributed by atoms with Gasteiger partial charge in [0.25, 0.3) is 0 Å². The third-order valence-corrected chi connectivity index (χ3v) is 14.7. The number of carbonyl (C=O) groups is 4. The second-order valence-electron chi connectivity index (χ2n) is 19.0. The van der Waals surface area contributed by atoms with E-state index in [4.69, 9.17) is 18.9 Å². The molecule has 6 heterocycles. The smallest absolute Gasteiger partial charge is 0.331 e. The maximum atomic E-state index is 13.2. The Labute approximate surface area is 430 Å². The lowest BCUT2D eigenvalue weighted by Crippen LogP contribution is -2.58. The van der Waals surface area contributed by atoms with Crippen molar-refractivity contribution in [3.63, 3.8) is 0 Å². The first-order chi connectivity index (χ1) is 33.2. The normalized spacial score (nSPS) is 23.6. The van der Waals surface area contributed by atoms with Gasteiger partial charge in [0.1, 0.15) is 11.5 Å². The average molecular weight is 1020 g/mol. The van der Waals surface area contributed by atoms with Crippen LogP contribution in [0.25, 0.3) is 0 Å². The second kappa shape index (κ2) is 25.9. The summed E-state index contributed by atoms with van der Waals surface area (Å²) in [5.41, 5.74) is 3.74. The Morgan fingerprint density at radius 2 is 0.845 bits per heavy atom. The van der Waals surface area contributed by atoms with Gasteiger partial charge in [-0.1, -0.05) is 60.7 Å². The molecule has 0 radical (unpaired) electrons. The van der Waals surface area contributed by atoms with Crippen molar-refractivity contribution in [2.24, 2.45) is 11.8 Å². The molecule has 0 spiro atoms. The van der Waals surface area contributed by atoms with E-state index in [1.165, 1.54) is 20.9 Å². The van der Waals surface area contributed by atoms with Crippen molar-refractivity contribution < 1.29 is 43.6 Å². The van der Waals surface area contributed by atoms with Gasteiger partial charge in [-0.3, -0.25) is 9.59 Å². The summed E-state index contributed by atoms with van der Waals surface area (Å²) in [6, 6.07) is 34.9. The summed E-state index contributed by atoms with van der Waals surface area (Å²) < 4.78 is 22.7. The Bertz CT molecular complexity index is 2160. The van der Waals surface area contributed by atoms with Gasteiger partial charge in [-0.2, -0.15) is 0 Å². The van der Waals surface area contributed by atoms with Crippen LogP contribution < -0.4 is 19.3 Å². The first-order valence-corrected chi connectivity index (χ1v) is 24.6. The first kappa shape index (κ1) is 55.1. The molecule has 6 amide bonds. The van der Waals surface area contributed by atoms with Crippen molar-refractivity contribution in [1.29, 1.82) is 0 Å². The molecule has 0 saturated carbocycles. The monoisotopic (exact) mass is 1020 g/mol. The van der Waals surface area contributed by atoms with Gasteiger partial charge in [0, 0.05) is 77.3 Å². The van der Waals surface area contributed by atoms with E-state index in [1.54, 1.807) is 14.2 Å². The Balaban J connectivity index is 0.000000223. The van der Waals surface area contributed by atoms with Crippen LogP contribution in [0.5, 0.6) is 11.5 Å². The van der Waals surface area contributed by atoms with Gasteiger partial charge in [-0.25, -0.2) is 19.4 Å². The van der Waals surface area contributed by atoms with Crippen molar-refractivity contribution in [2.45, 2.75) is 75.7 Å². The Morgan fingerprint density at radius 3 is 1.18 bits per heavy atom. The summed E-state index contributed by atoms with van der Waals surface area (Å²) in [5.74, 6) is 2.54. The lowest BCUT2D eigenvalue weighted by Gasteiger charge is -2.42. The third kappa shape index (κ3) is 13.2. The number of hydrogen-bond donors (Lipinski definition) is 0. The highest BCUT2D eigenvalue weighted by Crippen LogP contribution is 2.36. The minimum Gasteiger partial charge on any atom is -0.497 e. The number of urea groups is 2. The number of carbonyl (C=O) groups excluding carboxylic acids is 4. The number of ether oxygens (including phenoxy) is 4. The van der Waals surface area contributed by atoms with Crippen molar-refractivity contribution in [1.82, 2.24) is 19.6 Å². The maximum absolute atomic E-state index is 13.2. The number of halogens is 2. The van der Waals surface area contributed by atoms with Crippen LogP contribution in [0, 0.1) is 11.8 Å². The molecule has 2 N–H and O–H groups in total. The highest BCUT2D eigenvalue weighted by atomic mass is 35.5. The molecule has 6 aliphatic heterocycles. The molecule has 6 fully saturated rings. The van der Waals surface area contributed by atoms with Crippen LogP contribution in [0.1, 0.15) is 74.7 Å². The van der Waals surface area contributed by atoms with Crippen LogP contribution in [-0.4, -0.2) is 141 Å². The number of amides is 6. The Morgan fingerprint density at radius 1 is 0.493 bits per heavy atom. The number of hydrogen-bond acceptors (Lipinski definition) is 10. The van der Waals surface area contributed by atoms with E-state index in [1.807, 2.05) is 94.7 Å². The van der Waals surface area contributed by atoms with Gasteiger partial charge < -0.3 is 44.0 Å². The molecule has 4 aromatic rings. The quantitative estimate of drug-likeness (QED) is 0.136. The number of piperidine rings is 2. The zero-order valence-electron chi connectivity index (χ0n) is 40.9. The summed E-state index contributed by atoms with van der Waals surface area (Å²) in [6.07, 6.45) is 6.91. The minimum absolute atomic E-state index is 0. The van der Waals surface area contributed by atoms with Crippen LogP contribution in [0.2, 0.25) is 0 Å². The van der Waals surface area contributed by atoms with E-state index in [0.717, 1.165) is 103 Å². The molecule has 17 heteroatoms. The van der Waals surface area contributed by atoms with Gasteiger partial charge in [-0.05, 0) is 110 Å². The molecule has 4 aromatic carbocycles. The van der Waals surface area contributed by atoms with Gasteiger partial charge in [0.15, 0.2) is 0 Å². The minimum atomic E-state index is -0.174. The molecule has 71 heavy (non-hydrogen) atoms. The SMILES string of the molecule is COc1ccc(C2CC(CN3CCC(N4CCC(=O)N(c5ccccc5)C4=O)CC3)CO2)cc1.COc1ccc(C2CC(CN3CCC(N4CCC(=O)N(c5ccccc5)C4=O)CC3)CO2)cc1.Cl.Cl.O. The van der Waals surface area contributed by atoms with Gasteiger partial charge in [-0.15, -0.1) is 24.8 Å². The molecular formula is C54H70Cl2N6O9. The molecule has 0 aliphatic carbocycles. The zero-order chi connectivity index (χ0) is 47.0. The van der Waals surface area contributed by atoms with E-state index in [-0.39, 0.29) is 78.5 Å². The highest BCUT2D eigenvalue weighted by Gasteiger charge is 2.40. The van der Waals surface area contributed by atoms with Gasteiger partial charge in [0.2, 0.25) is 11.8 Å². The number of methoxy groups -OCH3 is 2. The molecule has 384 valence electrons. The van der Waals surface area contributed by atoms with E-state index in [2.05, 4.69) is 34.1 Å². The number of anilines is 2. The van der Waals surface area contributed by atoms with Crippen LogP contribution in [0.15, 0.2) is 109 Å². The summed E-state index contributed by atoms with van der Waals surface area (Å²) in [7, 11) is 3.36. The van der Waals surface area contributed by atoms with Gasteiger partial charge >= 0.3 is 12.1 Å². The first-order valence-electron chi connectivity index (χ1n) is 24.6. The fourth-order valence-electron chi connectivity index (χ4n) is 11.0. The summed E-state index contributed by atoms with van der Waals surface area (Å²) >= 11 is 0. The van der Waals surface area contributed by atoms with Crippen molar-refractivity contribution in [2.75, 3.05) is 89.6 Å². The number of likely N-dealkylation sites (tertiary alicyclic amines) is 2. The fourth-order valence-corrected chi connectivity index (χ4v) is 11.0. The topological polar surface area (TPSA) is 156 Å². The van der Waals surface area contributed by atoms with Crippen LogP contribution >= 0.6 is 24.8 Å². The van der Waals surface area contributed by atoms with Gasteiger partial charge in [0.05, 0.1) is 51.0 Å². The zero-order valence-corrected chi connectivity index (χ0v) is 42.5. The van der Waals surface area contributed by atoms with Crippen LogP contribution in [0.3, 0.4) is 0 Å². The van der Waals surface area contributed by atoms with E-state index in [9.17, 15) is 19.2 Å². The maximum Gasteiger partial charge on any atom is 0.331 e. The lowest BCUT2D eigenvalue weighted by atomic mass is 9.97. The molecule has 4 atom stereocenters. The third-order valence-electron chi connectivity index (χ3n) is 14.7. The van der Waals surface area contributed by atoms with E-state index < -0.39 is 0 Å². The van der Waals surface area contributed by atoms with E-state index >= 15 is 0 Å². The Hall–Kier alpha value is -5.26. The van der Waals surface area contributed by atoms with Crippen molar-refractivity contribution >= 4 is 60.1 Å². The Kier molecular flexibility index (Phi) is 20.1. The standard InChI is InChI=1S/2C27H33N3O4.2ClH.H2O/c2*1-33-24-9-7-21(8-10-24)25-17-20(19-34-25)18-28-14-11-22(12-15-28)29-16-13-26(31)30(27(29)32)23-5-3-2-4-6-23;;;/h2*2-10,20,22,25H,11-19H2,1H3;2*1H;1H2. The fraction of sp³-hybridized carbons (Fsp3) is 0.481. The summed E-state index contributed by atoms with van der Waals surface area (Å²) in [5, 5.41) is 0. The molecule has 0 bridgehead atoms. The second-order valence-corrected chi connectivity index (χ2v) is 19.0. The van der Waals surface area contributed by atoms with Crippen molar-refractivity contribution in [3.8, 4) is 11.5 Å². The number of imide groups is 2.